The summed E-state index contributed by atoms with van der Waals surface area (Å²) in [5.41, 5.74) is 2.14. The lowest BCUT2D eigenvalue weighted by atomic mass is 10.0. The Labute approximate surface area is 97.7 Å². The molecule has 1 fully saturated rings. The van der Waals surface area contributed by atoms with E-state index in [1.807, 2.05) is 0 Å². The van der Waals surface area contributed by atoms with E-state index in [1.165, 1.54) is 0 Å². The highest BCUT2D eigenvalue weighted by molar-refractivity contribution is 5.86. The molecular formula is C10H17F3N2O2. The first-order chi connectivity index (χ1) is 7.75. The maximum Gasteiger partial charge on any atom is 0.415 e. The summed E-state index contributed by atoms with van der Waals surface area (Å²) in [6.45, 7) is 2.14. The van der Waals surface area contributed by atoms with Gasteiger partial charge in [0.25, 0.3) is 0 Å². The fourth-order valence-electron chi connectivity index (χ4n) is 1.51. The second-order valence-corrected chi connectivity index (χ2v) is 4.47. The van der Waals surface area contributed by atoms with Gasteiger partial charge in [0.15, 0.2) is 5.54 Å². The van der Waals surface area contributed by atoms with Crippen LogP contribution in [-0.4, -0.2) is 37.4 Å². The monoisotopic (exact) mass is 254 g/mol. The van der Waals surface area contributed by atoms with Gasteiger partial charge in [0, 0.05) is 19.8 Å². The largest absolute Gasteiger partial charge is 0.415 e. The second kappa shape index (κ2) is 5.22. The Morgan fingerprint density at radius 3 is 2.65 bits per heavy atom. The molecular weight excluding hydrogens is 237 g/mol. The highest BCUT2D eigenvalue weighted by Crippen LogP contribution is 2.28. The molecule has 0 saturated carbocycles. The van der Waals surface area contributed by atoms with Gasteiger partial charge in [-0.1, -0.05) is 0 Å². The van der Waals surface area contributed by atoms with Crippen molar-refractivity contribution in [3.63, 3.8) is 0 Å². The lowest BCUT2D eigenvalue weighted by Gasteiger charge is -2.26. The van der Waals surface area contributed by atoms with Gasteiger partial charge in [0.2, 0.25) is 5.91 Å². The number of hydrogen-bond acceptors (Lipinski definition) is 3. The van der Waals surface area contributed by atoms with Crippen molar-refractivity contribution in [2.45, 2.75) is 31.5 Å². The normalized spacial score (nSPS) is 24.4. The van der Waals surface area contributed by atoms with Crippen LogP contribution >= 0.6 is 0 Å². The highest BCUT2D eigenvalue weighted by Gasteiger charge is 2.53. The van der Waals surface area contributed by atoms with Crippen molar-refractivity contribution in [2.24, 2.45) is 11.7 Å². The van der Waals surface area contributed by atoms with Crippen molar-refractivity contribution in [1.82, 2.24) is 5.32 Å². The van der Waals surface area contributed by atoms with Crippen molar-refractivity contribution in [3.8, 4) is 0 Å². The molecule has 0 aliphatic carbocycles. The van der Waals surface area contributed by atoms with Crippen LogP contribution in [0.3, 0.4) is 0 Å². The number of nitrogens with one attached hydrogen (secondary N) is 1. The summed E-state index contributed by atoms with van der Waals surface area (Å²) in [4.78, 5) is 11.3. The fraction of sp³-hybridized carbons (Fsp3) is 0.900. The molecule has 0 radical (unpaired) electrons. The molecule has 1 aliphatic rings. The maximum atomic E-state index is 12.4. The van der Waals surface area contributed by atoms with Crippen LogP contribution in [0.25, 0.3) is 0 Å². The number of alkyl halides is 3. The summed E-state index contributed by atoms with van der Waals surface area (Å²) in [5.74, 6) is -0.880. The van der Waals surface area contributed by atoms with E-state index in [4.69, 9.17) is 10.5 Å². The standard InChI is InChI=1S/C10H17F3N2O2/c1-9(14,10(11,12)13)8(16)15-4-2-7-3-5-17-6-7/h7H,2-6,14H2,1H3,(H,15,16). The summed E-state index contributed by atoms with van der Waals surface area (Å²) >= 11 is 0. The SMILES string of the molecule is CC(N)(C(=O)NCCC1CCOC1)C(F)(F)F. The molecule has 1 rings (SSSR count). The Morgan fingerprint density at radius 2 is 2.18 bits per heavy atom. The molecule has 0 bridgehead atoms. The van der Waals surface area contributed by atoms with E-state index in [-0.39, 0.29) is 6.54 Å². The third-order valence-electron chi connectivity index (χ3n) is 2.92. The summed E-state index contributed by atoms with van der Waals surface area (Å²) in [6.07, 6.45) is -3.25. The quantitative estimate of drug-likeness (QED) is 0.780. The van der Waals surface area contributed by atoms with E-state index < -0.39 is 17.6 Å². The summed E-state index contributed by atoms with van der Waals surface area (Å²) in [6, 6.07) is 0. The third-order valence-corrected chi connectivity index (χ3v) is 2.92. The van der Waals surface area contributed by atoms with E-state index in [0.717, 1.165) is 6.42 Å². The number of nitrogens with two attached hydrogens (primary N) is 1. The summed E-state index contributed by atoms with van der Waals surface area (Å²) in [5, 5.41) is 2.22. The van der Waals surface area contributed by atoms with Gasteiger partial charge in [-0.3, -0.25) is 4.79 Å². The molecule has 2 unspecified atom stereocenters. The molecule has 4 nitrogen and oxygen atoms in total. The molecule has 0 aromatic heterocycles. The van der Waals surface area contributed by atoms with Crippen LogP contribution in [0, 0.1) is 5.92 Å². The predicted molar refractivity (Wildman–Crippen MR) is 55.2 cm³/mol. The molecule has 2 atom stereocenters. The summed E-state index contributed by atoms with van der Waals surface area (Å²) in [7, 11) is 0. The van der Waals surface area contributed by atoms with Gasteiger partial charge in [-0.05, 0) is 25.7 Å². The molecule has 0 aromatic carbocycles. The Kier molecular flexibility index (Phi) is 4.37. The average Bonchev–Trinajstić information content (AvgIpc) is 2.68. The Morgan fingerprint density at radius 1 is 1.53 bits per heavy atom. The molecule has 17 heavy (non-hydrogen) atoms. The zero-order valence-corrected chi connectivity index (χ0v) is 9.64. The zero-order valence-electron chi connectivity index (χ0n) is 9.64. The number of carbonyl (C=O) groups excluding carboxylic acids is 1. The Balaban J connectivity index is 2.33. The van der Waals surface area contributed by atoms with Crippen molar-refractivity contribution < 1.29 is 22.7 Å². The minimum absolute atomic E-state index is 0.190. The van der Waals surface area contributed by atoms with Crippen LogP contribution in [0.2, 0.25) is 0 Å². The maximum absolute atomic E-state index is 12.4. The lowest BCUT2D eigenvalue weighted by Crippen LogP contribution is -2.61. The first-order valence-electron chi connectivity index (χ1n) is 5.47. The molecule has 1 amide bonds. The molecule has 7 heteroatoms. The van der Waals surface area contributed by atoms with Crippen molar-refractivity contribution in [1.29, 1.82) is 0 Å². The van der Waals surface area contributed by atoms with Gasteiger partial charge in [0.1, 0.15) is 0 Å². The van der Waals surface area contributed by atoms with Crippen molar-refractivity contribution in [2.75, 3.05) is 19.8 Å². The van der Waals surface area contributed by atoms with Crippen LogP contribution in [0.15, 0.2) is 0 Å². The molecule has 0 aromatic rings. The van der Waals surface area contributed by atoms with Crippen LogP contribution in [-0.2, 0) is 9.53 Å². The molecule has 100 valence electrons. The zero-order chi connectivity index (χ0) is 13.1. The molecule has 0 spiro atoms. The Bertz CT molecular complexity index is 273. The van der Waals surface area contributed by atoms with E-state index in [1.54, 1.807) is 0 Å². The smallest absolute Gasteiger partial charge is 0.381 e. The first-order valence-corrected chi connectivity index (χ1v) is 5.47. The number of carbonyl (C=O) groups is 1. The van der Waals surface area contributed by atoms with Crippen LogP contribution in [0.5, 0.6) is 0 Å². The number of halogens is 3. The van der Waals surface area contributed by atoms with Gasteiger partial charge in [0.05, 0.1) is 0 Å². The van der Waals surface area contributed by atoms with E-state index in [0.29, 0.717) is 32.5 Å². The number of hydrogen-bond donors (Lipinski definition) is 2. The van der Waals surface area contributed by atoms with E-state index in [2.05, 4.69) is 5.32 Å². The van der Waals surface area contributed by atoms with E-state index in [9.17, 15) is 18.0 Å². The minimum Gasteiger partial charge on any atom is -0.381 e. The van der Waals surface area contributed by atoms with Crippen LogP contribution in [0.4, 0.5) is 13.2 Å². The minimum atomic E-state index is -4.74. The first kappa shape index (κ1) is 14.2. The predicted octanol–water partition coefficient (Wildman–Crippen LogP) is 0.809. The molecule has 1 saturated heterocycles. The van der Waals surface area contributed by atoms with Gasteiger partial charge in [-0.25, -0.2) is 0 Å². The third kappa shape index (κ3) is 3.57. The molecule has 1 aliphatic heterocycles. The van der Waals surface area contributed by atoms with Gasteiger partial charge < -0.3 is 15.8 Å². The van der Waals surface area contributed by atoms with Crippen molar-refractivity contribution in [3.05, 3.63) is 0 Å². The number of amides is 1. The average molecular weight is 254 g/mol. The topological polar surface area (TPSA) is 64.4 Å². The lowest BCUT2D eigenvalue weighted by molar-refractivity contribution is -0.187. The second-order valence-electron chi connectivity index (χ2n) is 4.47. The van der Waals surface area contributed by atoms with Gasteiger partial charge in [-0.2, -0.15) is 13.2 Å². The van der Waals surface area contributed by atoms with Crippen LogP contribution in [0.1, 0.15) is 19.8 Å². The number of rotatable bonds is 4. The van der Waals surface area contributed by atoms with Gasteiger partial charge >= 0.3 is 6.18 Å². The highest BCUT2D eigenvalue weighted by atomic mass is 19.4. The van der Waals surface area contributed by atoms with Gasteiger partial charge in [-0.15, -0.1) is 0 Å². The Hall–Kier alpha value is -0.820. The van der Waals surface area contributed by atoms with Crippen LogP contribution < -0.4 is 11.1 Å². The molecule has 3 N–H and O–H groups in total. The summed E-state index contributed by atoms with van der Waals surface area (Å²) < 4.78 is 42.3. The fourth-order valence-corrected chi connectivity index (χ4v) is 1.51. The number of ether oxygens (including phenoxy) is 1. The van der Waals surface area contributed by atoms with E-state index >= 15 is 0 Å². The van der Waals surface area contributed by atoms with Crippen molar-refractivity contribution >= 4 is 5.91 Å². The molecule has 1 heterocycles.